The molecule has 1 saturated heterocycles. The van der Waals surface area contributed by atoms with E-state index in [-0.39, 0.29) is 6.04 Å². The highest BCUT2D eigenvalue weighted by molar-refractivity contribution is 5.92. The van der Waals surface area contributed by atoms with Crippen LogP contribution in [0.2, 0.25) is 0 Å². The minimum atomic E-state index is -4.69. The van der Waals surface area contributed by atoms with E-state index in [9.17, 15) is 46.2 Å². The number of amides is 4. The number of aliphatic hydroxyl groups excluding tert-OH is 1. The molecule has 0 aromatic rings. The molecule has 15 heteroatoms. The third-order valence-corrected chi connectivity index (χ3v) is 7.01. The molecule has 4 N–H and O–H groups in total. The van der Waals surface area contributed by atoms with Crippen molar-refractivity contribution in [3.8, 4) is 0 Å². The summed E-state index contributed by atoms with van der Waals surface area (Å²) in [5.41, 5.74) is -0.945. The van der Waals surface area contributed by atoms with Gasteiger partial charge in [0.2, 0.25) is 17.7 Å². The highest BCUT2D eigenvalue weighted by Gasteiger charge is 2.50. The number of aliphatic hydroxyl groups is 1. The summed E-state index contributed by atoms with van der Waals surface area (Å²) in [6.07, 6.45) is -9.03. The largest absolute Gasteiger partial charge is 0.453 e. The molecular weight excluding hydrogens is 547 g/mol. The molecule has 40 heavy (non-hydrogen) atoms. The number of likely N-dealkylation sites (tertiary alicyclic amines) is 1. The first-order chi connectivity index (χ1) is 18.2. The number of piperidine rings is 1. The van der Waals surface area contributed by atoms with Crippen LogP contribution in [0, 0.1) is 11.3 Å². The van der Waals surface area contributed by atoms with E-state index >= 15 is 0 Å². The first kappa shape index (κ1) is 33.5. The zero-order valence-corrected chi connectivity index (χ0v) is 23.2. The number of hydrogen-bond acceptors (Lipinski definition) is 6. The van der Waals surface area contributed by atoms with Crippen LogP contribution in [-0.4, -0.2) is 89.8 Å². The van der Waals surface area contributed by atoms with Gasteiger partial charge in [0, 0.05) is 19.0 Å². The Hall–Kier alpha value is -2.71. The number of carbonyl (C=O) groups is 4. The normalized spacial score (nSPS) is 22.5. The van der Waals surface area contributed by atoms with Crippen molar-refractivity contribution in [2.24, 2.45) is 11.3 Å². The smallest absolute Gasteiger partial charge is 0.407 e. The average molecular weight is 587 g/mol. The minimum Gasteiger partial charge on any atom is -0.453 e. The summed E-state index contributed by atoms with van der Waals surface area (Å²) in [6.45, 7) is 4.91. The number of halogens is 5. The predicted molar refractivity (Wildman–Crippen MR) is 132 cm³/mol. The Morgan fingerprint density at radius 2 is 1.60 bits per heavy atom. The van der Waals surface area contributed by atoms with Crippen LogP contribution in [0.15, 0.2) is 0 Å². The molecular formula is C25H39F5N4O6. The molecule has 10 nitrogen and oxygen atoms in total. The maximum absolute atomic E-state index is 13.7. The molecule has 1 aliphatic heterocycles. The van der Waals surface area contributed by atoms with Crippen LogP contribution in [0.25, 0.3) is 0 Å². The monoisotopic (exact) mass is 586 g/mol. The number of ether oxygens (including phenoxy) is 1. The second kappa shape index (κ2) is 12.9. The van der Waals surface area contributed by atoms with E-state index in [0.29, 0.717) is 19.8 Å². The van der Waals surface area contributed by atoms with Crippen molar-refractivity contribution in [3.05, 3.63) is 0 Å². The van der Waals surface area contributed by atoms with E-state index in [0.717, 1.165) is 12.0 Å². The van der Waals surface area contributed by atoms with Crippen LogP contribution >= 0.6 is 0 Å². The van der Waals surface area contributed by atoms with E-state index in [1.165, 1.54) is 0 Å². The second-order valence-corrected chi connectivity index (χ2v) is 11.7. The second-order valence-electron chi connectivity index (χ2n) is 11.7. The van der Waals surface area contributed by atoms with Gasteiger partial charge in [-0.3, -0.25) is 14.4 Å². The number of alkyl carbamates (subject to hydrolysis) is 1. The summed E-state index contributed by atoms with van der Waals surface area (Å²) in [4.78, 5) is 52.2. The molecule has 0 aromatic carbocycles. The predicted octanol–water partition coefficient (Wildman–Crippen LogP) is 2.49. The lowest BCUT2D eigenvalue weighted by molar-refractivity contribution is -0.193. The number of carbonyl (C=O) groups excluding carboxylic acids is 4. The fraction of sp³-hybridized carbons (Fsp3) is 0.840. The molecule has 0 spiro atoms. The summed E-state index contributed by atoms with van der Waals surface area (Å²) < 4.78 is 72.8. The lowest BCUT2D eigenvalue weighted by Gasteiger charge is -2.43. The highest BCUT2D eigenvalue weighted by atomic mass is 19.4. The van der Waals surface area contributed by atoms with Crippen molar-refractivity contribution in [2.45, 2.75) is 109 Å². The van der Waals surface area contributed by atoms with Crippen LogP contribution in [0.1, 0.15) is 66.2 Å². The number of hydrogen-bond donors (Lipinski definition) is 4. The molecule has 1 heterocycles. The Labute approximate surface area is 229 Å². The van der Waals surface area contributed by atoms with Gasteiger partial charge in [0.25, 0.3) is 5.91 Å². The van der Waals surface area contributed by atoms with Crippen molar-refractivity contribution in [2.75, 3.05) is 13.7 Å². The maximum atomic E-state index is 13.7. The Kier molecular flexibility index (Phi) is 10.8. The molecule has 0 radical (unpaired) electrons. The van der Waals surface area contributed by atoms with Crippen LogP contribution in [0.3, 0.4) is 0 Å². The summed E-state index contributed by atoms with van der Waals surface area (Å²) in [6, 6.07) is -4.77. The van der Waals surface area contributed by atoms with Gasteiger partial charge in [0.15, 0.2) is 6.10 Å². The van der Waals surface area contributed by atoms with Crippen molar-refractivity contribution in [1.82, 2.24) is 20.9 Å². The molecule has 2 aliphatic rings. The van der Waals surface area contributed by atoms with E-state index in [1.807, 2.05) is 0 Å². The number of nitrogens with one attached hydrogen (secondary N) is 3. The Bertz CT molecular complexity index is 932. The molecule has 5 atom stereocenters. The van der Waals surface area contributed by atoms with Crippen LogP contribution in [0.5, 0.6) is 0 Å². The van der Waals surface area contributed by atoms with E-state index < -0.39 is 104 Å². The molecule has 1 saturated carbocycles. The fourth-order valence-corrected chi connectivity index (χ4v) is 4.46. The van der Waals surface area contributed by atoms with Gasteiger partial charge in [-0.1, -0.05) is 20.8 Å². The molecule has 2 fully saturated rings. The zero-order chi connectivity index (χ0) is 30.6. The summed E-state index contributed by atoms with van der Waals surface area (Å²) in [5.74, 6) is -8.07. The summed E-state index contributed by atoms with van der Waals surface area (Å²) in [5, 5.41) is 17.7. The zero-order valence-electron chi connectivity index (χ0n) is 23.2. The van der Waals surface area contributed by atoms with Gasteiger partial charge in [-0.25, -0.2) is 13.6 Å². The highest BCUT2D eigenvalue weighted by Crippen LogP contribution is 2.38. The van der Waals surface area contributed by atoms with E-state index in [4.69, 9.17) is 0 Å². The molecule has 1 aliphatic carbocycles. The van der Waals surface area contributed by atoms with Gasteiger partial charge >= 0.3 is 12.3 Å². The summed E-state index contributed by atoms with van der Waals surface area (Å²) >= 11 is 0. The number of nitrogens with zero attached hydrogens (tertiary/aromatic N) is 1. The first-order valence-corrected chi connectivity index (χ1v) is 13.1. The summed E-state index contributed by atoms with van der Waals surface area (Å²) in [7, 11) is 1.06. The van der Waals surface area contributed by atoms with Crippen molar-refractivity contribution in [3.63, 3.8) is 0 Å². The quantitative estimate of drug-likeness (QED) is 0.291. The van der Waals surface area contributed by atoms with Gasteiger partial charge in [-0.2, -0.15) is 13.2 Å². The third kappa shape index (κ3) is 9.73. The molecule has 0 bridgehead atoms. The lowest BCUT2D eigenvalue weighted by Crippen LogP contribution is -2.63. The fourth-order valence-electron chi connectivity index (χ4n) is 4.46. The third-order valence-electron chi connectivity index (χ3n) is 7.01. The molecule has 2 rings (SSSR count). The van der Waals surface area contributed by atoms with Gasteiger partial charge in [0.05, 0.1) is 19.1 Å². The maximum Gasteiger partial charge on any atom is 0.407 e. The van der Waals surface area contributed by atoms with E-state index in [1.54, 1.807) is 20.8 Å². The van der Waals surface area contributed by atoms with Crippen molar-refractivity contribution in [1.29, 1.82) is 0 Å². The average Bonchev–Trinajstić information content (AvgIpc) is 3.65. The van der Waals surface area contributed by atoms with Gasteiger partial charge < -0.3 is 30.7 Å². The van der Waals surface area contributed by atoms with Crippen LogP contribution in [-0.2, 0) is 19.1 Å². The molecule has 0 unspecified atom stereocenters. The number of rotatable bonds is 10. The molecule has 230 valence electrons. The van der Waals surface area contributed by atoms with Crippen LogP contribution in [0.4, 0.5) is 26.7 Å². The van der Waals surface area contributed by atoms with Crippen molar-refractivity contribution < 1.29 is 51.0 Å². The van der Waals surface area contributed by atoms with Gasteiger partial charge in [-0.05, 0) is 44.4 Å². The Morgan fingerprint density at radius 3 is 2.08 bits per heavy atom. The standard InChI is InChI=1S/C25H39F5N4O6/c1-23(2,3)18(33-22(39)40-5)21(38)34-11-9-13(25(28,29)30)12-16(34)19(36)32-15(8-10-24(4,26)27)17(35)20(37)31-14-6-7-14/h13-18,35H,6-12H2,1-5H3,(H,31,37)(H,32,36)(H,33,39)/t13-,15+,16+,17+,18-/m1/s1. The van der Waals surface area contributed by atoms with Crippen molar-refractivity contribution >= 4 is 23.8 Å². The topological polar surface area (TPSA) is 137 Å². The number of alkyl halides is 5. The Morgan fingerprint density at radius 1 is 1.00 bits per heavy atom. The SMILES string of the molecule is COC(=O)N[C@H](C(=O)N1CC[C@@H](C(F)(F)F)C[C@H]1C(=O)N[C@@H](CCC(C)(F)F)[C@H](O)C(=O)NC1CC1)C(C)(C)C. The van der Waals surface area contributed by atoms with E-state index in [2.05, 4.69) is 20.7 Å². The number of methoxy groups -OCH3 is 1. The Balaban J connectivity index is 2.36. The van der Waals surface area contributed by atoms with Gasteiger partial charge in [-0.15, -0.1) is 0 Å². The van der Waals surface area contributed by atoms with Gasteiger partial charge in [0.1, 0.15) is 12.1 Å². The lowest BCUT2D eigenvalue weighted by atomic mass is 9.83. The molecule has 4 amide bonds. The first-order valence-electron chi connectivity index (χ1n) is 13.1. The molecule has 0 aromatic heterocycles. The minimum absolute atomic E-state index is 0.193. The van der Waals surface area contributed by atoms with Crippen LogP contribution < -0.4 is 16.0 Å².